The first-order chi connectivity index (χ1) is 14.2. The van der Waals surface area contributed by atoms with Crippen LogP contribution in [0.1, 0.15) is 44.1 Å². The molecule has 3 rings (SSSR count). The summed E-state index contributed by atoms with van der Waals surface area (Å²) in [6.07, 6.45) is 4.46. The molecule has 0 radical (unpaired) electrons. The zero-order chi connectivity index (χ0) is 20.4. The van der Waals surface area contributed by atoms with E-state index in [9.17, 15) is 0 Å². The summed E-state index contributed by atoms with van der Waals surface area (Å²) < 4.78 is 11.1. The van der Waals surface area contributed by atoms with Gasteiger partial charge in [0.15, 0.2) is 5.96 Å². The maximum Gasteiger partial charge on any atom is 0.191 e. The van der Waals surface area contributed by atoms with E-state index < -0.39 is 0 Å². The number of benzene rings is 1. The lowest BCUT2D eigenvalue weighted by molar-refractivity contribution is 0.0374. The zero-order valence-corrected chi connectivity index (χ0v) is 20.4. The summed E-state index contributed by atoms with van der Waals surface area (Å²) >= 11 is 0. The average molecular weight is 526 g/mol. The molecule has 2 aromatic rings. The van der Waals surface area contributed by atoms with Gasteiger partial charge in [-0.05, 0) is 44.4 Å². The normalized spacial score (nSPS) is 17.1. The van der Waals surface area contributed by atoms with Crippen LogP contribution < -0.4 is 16.0 Å². The molecular weight excluding hydrogens is 491 g/mol. The molecular formula is C23H35IN4O2. The van der Waals surface area contributed by atoms with Crippen LogP contribution in [-0.4, -0.2) is 44.3 Å². The minimum atomic E-state index is -0.0587. The molecule has 30 heavy (non-hydrogen) atoms. The molecule has 0 aliphatic carbocycles. The second-order valence-corrected chi connectivity index (χ2v) is 7.62. The Balaban J connectivity index is 0.00000320. The van der Waals surface area contributed by atoms with Crippen LogP contribution in [0.15, 0.2) is 58.1 Å². The van der Waals surface area contributed by atoms with Crippen LogP contribution >= 0.6 is 24.0 Å². The first kappa shape index (κ1) is 24.7. The van der Waals surface area contributed by atoms with Gasteiger partial charge in [-0.15, -0.1) is 24.0 Å². The standard InChI is InChI=1S/C23H34N4O2.HI/c1-3-24-22(25-14-11-21-10-7-15-29-21)26-18-23(12-16-28-17-13-23)27-19(2)20-8-5-4-6-9-20;/h4-10,15,19,27H,3,11-14,16-18H2,1-2H3,(H2,24,25,26);1H. The predicted molar refractivity (Wildman–Crippen MR) is 133 cm³/mol. The van der Waals surface area contributed by atoms with Gasteiger partial charge in [0.05, 0.1) is 12.8 Å². The molecule has 1 aliphatic heterocycles. The molecule has 166 valence electrons. The highest BCUT2D eigenvalue weighted by atomic mass is 127. The van der Waals surface area contributed by atoms with Crippen molar-refractivity contribution in [3.05, 3.63) is 60.1 Å². The lowest BCUT2D eigenvalue weighted by Crippen LogP contribution is -2.53. The number of guanidine groups is 1. The van der Waals surface area contributed by atoms with Crippen LogP contribution in [0.5, 0.6) is 0 Å². The van der Waals surface area contributed by atoms with Gasteiger partial charge < -0.3 is 25.1 Å². The molecule has 0 spiro atoms. The molecule has 0 amide bonds. The van der Waals surface area contributed by atoms with Crippen LogP contribution in [0.25, 0.3) is 0 Å². The van der Waals surface area contributed by atoms with Crippen LogP contribution in [0.2, 0.25) is 0 Å². The SMILES string of the molecule is CCNC(=NCC1(NC(C)c2ccccc2)CCOCC1)NCCc1ccco1.I. The monoisotopic (exact) mass is 526 g/mol. The fourth-order valence-corrected chi connectivity index (χ4v) is 3.73. The largest absolute Gasteiger partial charge is 0.469 e. The van der Waals surface area contributed by atoms with Crippen molar-refractivity contribution in [3.8, 4) is 0 Å². The van der Waals surface area contributed by atoms with E-state index in [0.717, 1.165) is 57.3 Å². The second kappa shape index (κ2) is 13.0. The Labute approximate surface area is 197 Å². The summed E-state index contributed by atoms with van der Waals surface area (Å²) in [5.74, 6) is 1.83. The molecule has 1 unspecified atom stereocenters. The van der Waals surface area contributed by atoms with Crippen molar-refractivity contribution in [1.82, 2.24) is 16.0 Å². The van der Waals surface area contributed by atoms with Crippen molar-refractivity contribution >= 4 is 29.9 Å². The second-order valence-electron chi connectivity index (χ2n) is 7.62. The molecule has 1 fully saturated rings. The number of ether oxygens (including phenoxy) is 1. The summed E-state index contributed by atoms with van der Waals surface area (Å²) in [5, 5.41) is 10.6. The third-order valence-electron chi connectivity index (χ3n) is 5.40. The van der Waals surface area contributed by atoms with E-state index in [1.165, 1.54) is 5.56 Å². The van der Waals surface area contributed by atoms with Gasteiger partial charge >= 0.3 is 0 Å². The van der Waals surface area contributed by atoms with Crippen molar-refractivity contribution < 1.29 is 9.15 Å². The maximum atomic E-state index is 5.64. The van der Waals surface area contributed by atoms with Crippen LogP contribution in [-0.2, 0) is 11.2 Å². The van der Waals surface area contributed by atoms with Gasteiger partial charge in [0.25, 0.3) is 0 Å². The van der Waals surface area contributed by atoms with Gasteiger partial charge in [0.1, 0.15) is 5.76 Å². The predicted octanol–water partition coefficient (Wildman–Crippen LogP) is 3.90. The maximum absolute atomic E-state index is 5.64. The average Bonchev–Trinajstić information content (AvgIpc) is 3.27. The number of nitrogens with one attached hydrogen (secondary N) is 3. The van der Waals surface area contributed by atoms with Crippen molar-refractivity contribution in [2.24, 2.45) is 4.99 Å². The minimum Gasteiger partial charge on any atom is -0.469 e. The number of nitrogens with zero attached hydrogens (tertiary/aromatic N) is 1. The summed E-state index contributed by atoms with van der Waals surface area (Å²) in [7, 11) is 0. The van der Waals surface area contributed by atoms with Gasteiger partial charge in [-0.25, -0.2) is 0 Å². The molecule has 6 nitrogen and oxygen atoms in total. The van der Waals surface area contributed by atoms with Crippen LogP contribution in [0.3, 0.4) is 0 Å². The molecule has 1 aliphatic rings. The van der Waals surface area contributed by atoms with Crippen molar-refractivity contribution in [1.29, 1.82) is 0 Å². The fraction of sp³-hybridized carbons (Fsp3) is 0.522. The number of hydrogen-bond acceptors (Lipinski definition) is 4. The third kappa shape index (κ3) is 7.59. The molecule has 1 aromatic carbocycles. The topological polar surface area (TPSA) is 70.8 Å². The molecule has 1 aromatic heterocycles. The van der Waals surface area contributed by atoms with Gasteiger partial charge in [-0.1, -0.05) is 30.3 Å². The Morgan fingerprint density at radius 1 is 1.10 bits per heavy atom. The Bertz CT molecular complexity index is 731. The Morgan fingerprint density at radius 2 is 1.87 bits per heavy atom. The van der Waals surface area contributed by atoms with E-state index in [-0.39, 0.29) is 35.6 Å². The quantitative estimate of drug-likeness (QED) is 0.263. The summed E-state index contributed by atoms with van der Waals surface area (Å²) in [6.45, 7) is 8.18. The van der Waals surface area contributed by atoms with Crippen LogP contribution in [0.4, 0.5) is 0 Å². The fourth-order valence-electron chi connectivity index (χ4n) is 3.73. The van der Waals surface area contributed by atoms with Crippen molar-refractivity contribution in [2.75, 3.05) is 32.8 Å². The number of halogens is 1. The van der Waals surface area contributed by atoms with Crippen molar-refractivity contribution in [3.63, 3.8) is 0 Å². The van der Waals surface area contributed by atoms with Gasteiger partial charge in [-0.2, -0.15) is 0 Å². The molecule has 0 saturated carbocycles. The highest BCUT2D eigenvalue weighted by molar-refractivity contribution is 14.0. The highest BCUT2D eigenvalue weighted by Gasteiger charge is 2.34. The van der Waals surface area contributed by atoms with Crippen molar-refractivity contribution in [2.45, 2.75) is 44.7 Å². The Morgan fingerprint density at radius 3 is 2.53 bits per heavy atom. The van der Waals surface area contributed by atoms with E-state index in [2.05, 4.69) is 60.1 Å². The summed E-state index contributed by atoms with van der Waals surface area (Å²) in [5.41, 5.74) is 1.24. The minimum absolute atomic E-state index is 0. The molecule has 1 atom stereocenters. The lowest BCUT2D eigenvalue weighted by atomic mass is 9.88. The van der Waals surface area contributed by atoms with Gasteiger partial charge in [0.2, 0.25) is 0 Å². The smallest absolute Gasteiger partial charge is 0.191 e. The van der Waals surface area contributed by atoms with Gasteiger partial charge in [-0.3, -0.25) is 4.99 Å². The van der Waals surface area contributed by atoms with E-state index >= 15 is 0 Å². The molecule has 2 heterocycles. The number of aliphatic imine (C=N–C) groups is 1. The van der Waals surface area contributed by atoms with Crippen LogP contribution in [0, 0.1) is 0 Å². The lowest BCUT2D eigenvalue weighted by Gasteiger charge is -2.39. The summed E-state index contributed by atoms with van der Waals surface area (Å²) in [4.78, 5) is 4.92. The number of furan rings is 1. The molecule has 7 heteroatoms. The van der Waals surface area contributed by atoms with E-state index in [1.54, 1.807) is 6.26 Å². The molecule has 3 N–H and O–H groups in total. The molecule has 0 bridgehead atoms. The number of hydrogen-bond donors (Lipinski definition) is 3. The third-order valence-corrected chi connectivity index (χ3v) is 5.40. The Hall–Kier alpha value is -1.58. The first-order valence-corrected chi connectivity index (χ1v) is 10.7. The molecule has 1 saturated heterocycles. The summed E-state index contributed by atoms with van der Waals surface area (Å²) in [6, 6.07) is 14.8. The van der Waals surface area contributed by atoms with Gasteiger partial charge in [0, 0.05) is 44.3 Å². The first-order valence-electron chi connectivity index (χ1n) is 10.7. The van der Waals surface area contributed by atoms with E-state index in [0.29, 0.717) is 6.54 Å². The highest BCUT2D eigenvalue weighted by Crippen LogP contribution is 2.26. The number of rotatable bonds is 9. The zero-order valence-electron chi connectivity index (χ0n) is 18.0. The van der Waals surface area contributed by atoms with E-state index in [4.69, 9.17) is 14.1 Å². The Kier molecular flexibility index (Phi) is 10.7. The van der Waals surface area contributed by atoms with E-state index in [1.807, 2.05) is 12.1 Å².